The van der Waals surface area contributed by atoms with Gasteiger partial charge in [-0.1, -0.05) is 0 Å². The van der Waals surface area contributed by atoms with E-state index in [1.54, 1.807) is 21.8 Å². The van der Waals surface area contributed by atoms with Gasteiger partial charge in [0.15, 0.2) is 0 Å². The molecule has 0 amide bonds. The van der Waals surface area contributed by atoms with Crippen molar-refractivity contribution in [3.63, 3.8) is 0 Å². The van der Waals surface area contributed by atoms with Gasteiger partial charge in [0.2, 0.25) is 0 Å². The molecule has 0 N–H and O–H groups in total. The molecule has 0 radical (unpaired) electrons. The molecule has 1 aliphatic rings. The monoisotopic (exact) mass is 280 g/mol. The van der Waals surface area contributed by atoms with Gasteiger partial charge in [-0.3, -0.25) is 0 Å². The topological polar surface area (TPSA) is 0 Å². The first-order chi connectivity index (χ1) is 2.89. The van der Waals surface area contributed by atoms with Crippen molar-refractivity contribution in [3.8, 4) is 0 Å². The fourth-order valence-electron chi connectivity index (χ4n) is 0.799. The summed E-state index contributed by atoms with van der Waals surface area (Å²) in [7, 11) is 0. The molecular weight excluding hydrogens is 268 g/mol. The smallest absolute Gasteiger partial charge is 1.00 e. The maximum atomic E-state index is 2.51. The summed E-state index contributed by atoms with van der Waals surface area (Å²) >= 11 is -0.295. The summed E-state index contributed by atoms with van der Waals surface area (Å²) < 4.78 is 3.31. The van der Waals surface area contributed by atoms with E-state index >= 15 is 0 Å². The van der Waals surface area contributed by atoms with E-state index in [4.69, 9.17) is 0 Å². The normalized spacial score (nSPS) is 21.9. The molecule has 2 heteroatoms. The van der Waals surface area contributed by atoms with Crippen molar-refractivity contribution in [2.75, 3.05) is 0 Å². The van der Waals surface area contributed by atoms with Crippen molar-refractivity contribution in [1.29, 1.82) is 0 Å². The van der Waals surface area contributed by atoms with Crippen LogP contribution in [-0.2, 0) is 0 Å². The van der Waals surface area contributed by atoms with Crippen LogP contribution in [0.4, 0.5) is 0 Å². The van der Waals surface area contributed by atoms with Gasteiger partial charge in [-0.05, 0) is 0 Å². The molecule has 44 valence electrons. The third-order valence-corrected chi connectivity index (χ3v) is 6.86. The minimum absolute atomic E-state index is 0. The van der Waals surface area contributed by atoms with Crippen molar-refractivity contribution < 1.29 is 17.0 Å². The Balaban J connectivity index is 0.000000360. The molecule has 1 aliphatic heterocycles. The van der Waals surface area contributed by atoms with E-state index < -0.39 is 0 Å². The minimum atomic E-state index is -0.295. The predicted molar refractivity (Wildman–Crippen MR) is 30.5 cm³/mol. The fraction of sp³-hybridized carbons (Fsp3) is 1.00. The maximum absolute atomic E-state index is 2.51. The molecule has 0 nitrogen and oxygen atoms in total. The van der Waals surface area contributed by atoms with Gasteiger partial charge in [-0.2, -0.15) is 0 Å². The Kier molecular flexibility index (Phi) is 4.94. The van der Waals surface area contributed by atoms with Crippen LogP contribution in [0.15, 0.2) is 0 Å². The number of halogens is 1. The second kappa shape index (κ2) is 4.18. The zero-order valence-corrected chi connectivity index (χ0v) is 8.53. The summed E-state index contributed by atoms with van der Waals surface area (Å²) in [5.74, 6) is 0. The van der Waals surface area contributed by atoms with Gasteiger partial charge >= 0.3 is 46.3 Å². The molecule has 1 rings (SSSR count). The molecule has 0 spiro atoms. The Morgan fingerprint density at radius 1 is 1.14 bits per heavy atom. The van der Waals surface area contributed by atoms with Crippen LogP contribution in [0.2, 0.25) is 13.9 Å². The van der Waals surface area contributed by atoms with Crippen molar-refractivity contribution in [1.82, 2.24) is 0 Å². The number of hydrogen-bond acceptors (Lipinski definition) is 0. The first-order valence-electron chi connectivity index (χ1n) is 2.49. The Hall–Kier alpha value is 1.27. The minimum Gasteiger partial charge on any atom is -1.00 e. The molecule has 1 saturated heterocycles. The van der Waals surface area contributed by atoms with E-state index in [0.717, 1.165) is 0 Å². The molecule has 0 aromatic carbocycles. The second-order valence-corrected chi connectivity index (χ2v) is 8.69. The summed E-state index contributed by atoms with van der Waals surface area (Å²) in [6.45, 7) is 0. The first-order valence-corrected chi connectivity index (χ1v) is 8.11. The zero-order chi connectivity index (χ0) is 4.41. The van der Waals surface area contributed by atoms with E-state index in [1.165, 1.54) is 0 Å². The zero-order valence-electron chi connectivity index (χ0n) is 4.61. The largest absolute Gasteiger partial charge is 1.00 e. The van der Waals surface area contributed by atoms with E-state index in [1.807, 2.05) is 0 Å². The molecule has 1 heterocycles. The van der Waals surface area contributed by atoms with Crippen LogP contribution < -0.4 is 17.0 Å². The van der Waals surface area contributed by atoms with Crippen molar-refractivity contribution in [2.24, 2.45) is 0 Å². The average molecular weight is 279 g/mol. The molecule has 0 aliphatic carbocycles. The fourth-order valence-corrected chi connectivity index (χ4v) is 5.36. The summed E-state index contributed by atoms with van der Waals surface area (Å²) in [6, 6.07) is 0. The molecule has 0 saturated carbocycles. The number of hydrogen-bond donors (Lipinski definition) is 0. The third kappa shape index (κ3) is 2.95. The van der Waals surface area contributed by atoms with E-state index in [2.05, 4.69) is 4.97 Å². The molecule has 0 aromatic heterocycles. The van der Waals surface area contributed by atoms with Crippen LogP contribution in [0.3, 0.4) is 0 Å². The predicted octanol–water partition coefficient (Wildman–Crippen LogP) is -1.09. The Bertz CT molecular complexity index is 41.3. The number of rotatable bonds is 0. The van der Waals surface area contributed by atoms with E-state index in [9.17, 15) is 0 Å². The van der Waals surface area contributed by atoms with Crippen molar-refractivity contribution in [2.45, 2.75) is 26.8 Å². The Morgan fingerprint density at radius 2 is 1.57 bits per heavy atom. The van der Waals surface area contributed by atoms with Crippen LogP contribution in [0.25, 0.3) is 0 Å². The Labute approximate surface area is 63.1 Å². The van der Waals surface area contributed by atoms with Crippen LogP contribution in [-0.4, -0.2) is 19.6 Å². The molecule has 0 aromatic rings. The summed E-state index contributed by atoms with van der Waals surface area (Å²) in [5, 5.41) is 0. The molecule has 0 bridgehead atoms. The van der Waals surface area contributed by atoms with Crippen LogP contribution in [0.5, 0.6) is 0 Å². The molecule has 1 fully saturated rings. The van der Waals surface area contributed by atoms with Gasteiger partial charge < -0.3 is 17.0 Å². The van der Waals surface area contributed by atoms with Gasteiger partial charge in [0, 0.05) is 0 Å². The average Bonchev–Trinajstić information content (AvgIpc) is 1.86. The quantitative estimate of drug-likeness (QED) is 0.494. The molecular formula is C5H11BrTe. The van der Waals surface area contributed by atoms with Crippen LogP contribution >= 0.6 is 0 Å². The van der Waals surface area contributed by atoms with Crippen molar-refractivity contribution >= 4 is 19.6 Å². The molecule has 0 unspecified atom stereocenters. The summed E-state index contributed by atoms with van der Waals surface area (Å²) in [4.78, 5) is 2.51. The van der Waals surface area contributed by atoms with Crippen LogP contribution in [0.1, 0.15) is 12.8 Å². The maximum Gasteiger partial charge on any atom is -1.00 e. The van der Waals surface area contributed by atoms with Crippen LogP contribution in [0, 0.1) is 0 Å². The SMILES string of the molecule is C[Te+]1CCCC1.[Br-]. The standard InChI is InChI=1S/C5H11Te.BrH/c1-6-4-2-3-5-6;/h2-5H2,1H3;1H/q+1;/p-1. The summed E-state index contributed by atoms with van der Waals surface area (Å²) in [6.07, 6.45) is 3.13. The molecule has 0 atom stereocenters. The second-order valence-electron chi connectivity index (χ2n) is 1.90. The van der Waals surface area contributed by atoms with Gasteiger partial charge in [-0.25, -0.2) is 0 Å². The third-order valence-electron chi connectivity index (χ3n) is 1.24. The van der Waals surface area contributed by atoms with Gasteiger partial charge in [0.25, 0.3) is 0 Å². The van der Waals surface area contributed by atoms with Gasteiger partial charge in [0.1, 0.15) is 0 Å². The summed E-state index contributed by atoms with van der Waals surface area (Å²) in [5.41, 5.74) is 0. The van der Waals surface area contributed by atoms with Gasteiger partial charge in [0.05, 0.1) is 0 Å². The first kappa shape index (κ1) is 8.27. The van der Waals surface area contributed by atoms with E-state index in [0.29, 0.717) is 0 Å². The van der Waals surface area contributed by atoms with E-state index in [-0.39, 0.29) is 36.5 Å². The van der Waals surface area contributed by atoms with Gasteiger partial charge in [-0.15, -0.1) is 0 Å². The molecule has 7 heavy (non-hydrogen) atoms. The van der Waals surface area contributed by atoms with Crippen molar-refractivity contribution in [3.05, 3.63) is 0 Å². The Morgan fingerprint density at radius 3 is 1.71 bits per heavy atom.